The van der Waals surface area contributed by atoms with Crippen LogP contribution >= 0.6 is 17.0 Å². The number of halogens is 1. The molecule has 2 aromatic heterocycles. The molecule has 0 aliphatic heterocycles. The predicted molar refractivity (Wildman–Crippen MR) is 77.5 cm³/mol. The molecule has 2 heterocycles. The van der Waals surface area contributed by atoms with Gasteiger partial charge in [0, 0.05) is 18.0 Å². The van der Waals surface area contributed by atoms with E-state index in [0.29, 0.717) is 0 Å². The van der Waals surface area contributed by atoms with Gasteiger partial charge in [-0.1, -0.05) is 18.2 Å². The van der Waals surface area contributed by atoms with Crippen molar-refractivity contribution in [2.75, 3.05) is 7.11 Å². The molecular weight excluding hydrogens is 292 g/mol. The van der Waals surface area contributed by atoms with Gasteiger partial charge in [0.05, 0.1) is 12.8 Å². The molecule has 3 rings (SSSR count). The van der Waals surface area contributed by atoms with Crippen LogP contribution in [0.5, 0.6) is 5.75 Å². The van der Waals surface area contributed by atoms with Crippen molar-refractivity contribution in [1.29, 1.82) is 0 Å². The second kappa shape index (κ2) is 5.23. The van der Waals surface area contributed by atoms with Crippen molar-refractivity contribution >= 4 is 22.6 Å². The Labute approximate surface area is 116 Å². The summed E-state index contributed by atoms with van der Waals surface area (Å²) < 4.78 is 7.35. The summed E-state index contributed by atoms with van der Waals surface area (Å²) in [5.74, 6) is 0.843. The van der Waals surface area contributed by atoms with Gasteiger partial charge in [-0.2, -0.15) is 0 Å². The zero-order valence-electron chi connectivity index (χ0n) is 9.91. The molecule has 0 N–H and O–H groups in total. The Morgan fingerprint density at radius 1 is 1.06 bits per heavy atom. The third kappa shape index (κ3) is 2.11. The van der Waals surface area contributed by atoms with Gasteiger partial charge < -0.3 is 9.14 Å². The van der Waals surface area contributed by atoms with Gasteiger partial charge >= 0.3 is 0 Å². The summed E-state index contributed by atoms with van der Waals surface area (Å²) in [5, 5.41) is 0. The Balaban J connectivity index is 0.00000120. The van der Waals surface area contributed by atoms with E-state index in [1.54, 1.807) is 7.11 Å². The van der Waals surface area contributed by atoms with Gasteiger partial charge in [0.1, 0.15) is 11.4 Å². The molecule has 0 fully saturated rings. The number of fused-ring (bicyclic) bond motifs is 1. The third-order valence-corrected chi connectivity index (χ3v) is 2.75. The Kier molecular flexibility index (Phi) is 3.67. The van der Waals surface area contributed by atoms with Crippen molar-refractivity contribution in [3.63, 3.8) is 0 Å². The van der Waals surface area contributed by atoms with Gasteiger partial charge in [0.2, 0.25) is 0 Å². The molecule has 0 saturated carbocycles. The lowest BCUT2D eigenvalue weighted by Gasteiger charge is -2.04. The first-order valence-corrected chi connectivity index (χ1v) is 5.45. The number of para-hydroxylation sites is 1. The van der Waals surface area contributed by atoms with Gasteiger partial charge in [-0.15, -0.1) is 17.0 Å². The molecule has 0 amide bonds. The molecule has 0 spiro atoms. The standard InChI is InChI=1S/C14H12N2O.BrH/c1-17-13-7-3-2-6-11(13)12-10-16-9-5-4-8-14(16)15-12;/h2-10H,1H3;1H. The summed E-state index contributed by atoms with van der Waals surface area (Å²) in [6.07, 6.45) is 3.99. The number of pyridine rings is 1. The number of aromatic nitrogens is 2. The van der Waals surface area contributed by atoms with Crippen LogP contribution in [-0.2, 0) is 0 Å². The average molecular weight is 305 g/mol. The maximum absolute atomic E-state index is 5.35. The average Bonchev–Trinajstić information content (AvgIpc) is 2.82. The summed E-state index contributed by atoms with van der Waals surface area (Å²) in [4.78, 5) is 4.57. The van der Waals surface area contributed by atoms with Crippen molar-refractivity contribution < 1.29 is 4.74 Å². The van der Waals surface area contributed by atoms with Crippen molar-refractivity contribution in [2.45, 2.75) is 0 Å². The number of methoxy groups -OCH3 is 1. The van der Waals surface area contributed by atoms with Crippen molar-refractivity contribution in [3.8, 4) is 17.0 Å². The number of hydrogen-bond acceptors (Lipinski definition) is 2. The van der Waals surface area contributed by atoms with E-state index in [0.717, 1.165) is 22.7 Å². The lowest BCUT2D eigenvalue weighted by molar-refractivity contribution is 0.416. The Morgan fingerprint density at radius 2 is 1.83 bits per heavy atom. The molecular formula is C14H13BrN2O. The molecule has 0 bridgehead atoms. The van der Waals surface area contributed by atoms with Crippen LogP contribution in [0.3, 0.4) is 0 Å². The Bertz CT molecular complexity index is 630. The second-order valence-electron chi connectivity index (χ2n) is 3.79. The molecule has 3 nitrogen and oxygen atoms in total. The number of hydrogen-bond donors (Lipinski definition) is 0. The predicted octanol–water partition coefficient (Wildman–Crippen LogP) is 3.59. The summed E-state index contributed by atoms with van der Waals surface area (Å²) >= 11 is 0. The van der Waals surface area contributed by atoms with Crippen molar-refractivity contribution in [1.82, 2.24) is 9.38 Å². The maximum Gasteiger partial charge on any atom is 0.137 e. The number of imidazole rings is 1. The normalized spacial score (nSPS) is 10.1. The minimum absolute atomic E-state index is 0. The van der Waals surface area contributed by atoms with Gasteiger partial charge in [-0.25, -0.2) is 4.98 Å². The lowest BCUT2D eigenvalue weighted by atomic mass is 10.1. The second-order valence-corrected chi connectivity index (χ2v) is 3.79. The van der Waals surface area contributed by atoms with Gasteiger partial charge in [-0.05, 0) is 24.3 Å². The SMILES string of the molecule is Br.COc1ccccc1-c1cn2ccccc2n1. The quantitative estimate of drug-likeness (QED) is 0.723. The zero-order chi connectivity index (χ0) is 11.7. The minimum atomic E-state index is 0. The number of nitrogens with zero attached hydrogens (tertiary/aromatic N) is 2. The highest BCUT2D eigenvalue weighted by atomic mass is 79.9. The van der Waals surface area contributed by atoms with Crippen LogP contribution < -0.4 is 4.74 Å². The Hall–Kier alpha value is -1.81. The maximum atomic E-state index is 5.35. The molecule has 0 aliphatic rings. The smallest absolute Gasteiger partial charge is 0.137 e. The van der Waals surface area contributed by atoms with E-state index in [-0.39, 0.29) is 17.0 Å². The number of ether oxygens (including phenoxy) is 1. The molecule has 0 radical (unpaired) electrons. The topological polar surface area (TPSA) is 26.5 Å². The fourth-order valence-corrected chi connectivity index (χ4v) is 1.92. The molecule has 3 aromatic rings. The fourth-order valence-electron chi connectivity index (χ4n) is 1.92. The van der Waals surface area contributed by atoms with Crippen molar-refractivity contribution in [2.24, 2.45) is 0 Å². The first-order valence-electron chi connectivity index (χ1n) is 5.45. The molecule has 0 aliphatic carbocycles. The largest absolute Gasteiger partial charge is 0.496 e. The molecule has 18 heavy (non-hydrogen) atoms. The van der Waals surface area contributed by atoms with E-state index in [9.17, 15) is 0 Å². The highest BCUT2D eigenvalue weighted by Crippen LogP contribution is 2.28. The van der Waals surface area contributed by atoms with E-state index < -0.39 is 0 Å². The first-order chi connectivity index (χ1) is 8.38. The van der Waals surface area contributed by atoms with Crippen molar-refractivity contribution in [3.05, 3.63) is 54.9 Å². The molecule has 92 valence electrons. The summed E-state index contributed by atoms with van der Waals surface area (Å²) in [5.41, 5.74) is 2.88. The third-order valence-electron chi connectivity index (χ3n) is 2.75. The molecule has 4 heteroatoms. The molecule has 1 aromatic carbocycles. The van der Waals surface area contributed by atoms with Crippen LogP contribution in [0.1, 0.15) is 0 Å². The molecule has 0 saturated heterocycles. The van der Waals surface area contributed by atoms with Crippen LogP contribution in [0.4, 0.5) is 0 Å². The van der Waals surface area contributed by atoms with E-state index in [4.69, 9.17) is 4.74 Å². The van der Waals surface area contributed by atoms with E-state index in [1.165, 1.54) is 0 Å². The lowest BCUT2D eigenvalue weighted by Crippen LogP contribution is -1.86. The fraction of sp³-hybridized carbons (Fsp3) is 0.0714. The Morgan fingerprint density at radius 3 is 2.61 bits per heavy atom. The van der Waals surface area contributed by atoms with Gasteiger partial charge in [0.25, 0.3) is 0 Å². The summed E-state index contributed by atoms with van der Waals surface area (Å²) in [6, 6.07) is 13.9. The van der Waals surface area contributed by atoms with Crippen LogP contribution in [0.25, 0.3) is 16.9 Å². The minimum Gasteiger partial charge on any atom is -0.496 e. The van der Waals surface area contributed by atoms with E-state index >= 15 is 0 Å². The monoisotopic (exact) mass is 304 g/mol. The van der Waals surface area contributed by atoms with Crippen LogP contribution in [-0.4, -0.2) is 16.5 Å². The molecule has 0 atom stereocenters. The highest BCUT2D eigenvalue weighted by molar-refractivity contribution is 8.93. The van der Waals surface area contributed by atoms with Crippen LogP contribution in [0.15, 0.2) is 54.9 Å². The summed E-state index contributed by atoms with van der Waals surface area (Å²) in [7, 11) is 1.68. The van der Waals surface area contributed by atoms with Crippen LogP contribution in [0, 0.1) is 0 Å². The highest BCUT2D eigenvalue weighted by Gasteiger charge is 2.08. The van der Waals surface area contributed by atoms with Gasteiger partial charge in [0.15, 0.2) is 0 Å². The van der Waals surface area contributed by atoms with E-state index in [1.807, 2.05) is 59.3 Å². The first kappa shape index (κ1) is 12.6. The molecule has 0 unspecified atom stereocenters. The number of benzene rings is 1. The van der Waals surface area contributed by atoms with Gasteiger partial charge in [-0.3, -0.25) is 0 Å². The van der Waals surface area contributed by atoms with E-state index in [2.05, 4.69) is 4.98 Å². The zero-order valence-corrected chi connectivity index (χ0v) is 11.6. The van der Waals surface area contributed by atoms with Crippen LogP contribution in [0.2, 0.25) is 0 Å². The number of rotatable bonds is 2. The summed E-state index contributed by atoms with van der Waals surface area (Å²) in [6.45, 7) is 0.